The lowest BCUT2D eigenvalue weighted by molar-refractivity contribution is -0.383. The number of hydrogen-bond acceptors (Lipinski definition) is 4. The number of hydrogen-bond donors (Lipinski definition) is 1. The van der Waals surface area contributed by atoms with Crippen molar-refractivity contribution >= 4 is 22.1 Å². The lowest BCUT2D eigenvalue weighted by Gasteiger charge is -2.10. The van der Waals surface area contributed by atoms with Gasteiger partial charge in [0.05, 0.1) is 10.3 Å². The molecule has 0 aliphatic carbocycles. The summed E-state index contributed by atoms with van der Waals surface area (Å²) < 4.78 is 0. The van der Waals surface area contributed by atoms with Crippen LogP contribution in [0.1, 0.15) is 5.56 Å². The van der Waals surface area contributed by atoms with E-state index in [0.717, 1.165) is 16.6 Å². The molecule has 0 saturated carbocycles. The molecule has 2 aromatic carbocycles. The van der Waals surface area contributed by atoms with E-state index in [4.69, 9.17) is 0 Å². The van der Waals surface area contributed by atoms with Gasteiger partial charge in [-0.25, -0.2) is 0 Å². The van der Waals surface area contributed by atoms with Crippen LogP contribution in [0.2, 0.25) is 0 Å². The van der Waals surface area contributed by atoms with Crippen molar-refractivity contribution in [1.82, 2.24) is 4.98 Å². The fourth-order valence-electron chi connectivity index (χ4n) is 2.28. The van der Waals surface area contributed by atoms with Gasteiger partial charge in [0.2, 0.25) is 0 Å². The molecule has 0 saturated heterocycles. The number of nitrogens with one attached hydrogen (secondary N) is 1. The van der Waals surface area contributed by atoms with Crippen molar-refractivity contribution in [2.45, 2.75) is 6.54 Å². The van der Waals surface area contributed by atoms with Crippen LogP contribution in [0.25, 0.3) is 10.8 Å². The van der Waals surface area contributed by atoms with Crippen LogP contribution in [0.4, 0.5) is 11.4 Å². The van der Waals surface area contributed by atoms with Crippen molar-refractivity contribution in [3.63, 3.8) is 0 Å². The Hall–Kier alpha value is -2.95. The largest absolute Gasteiger partial charge is 0.380 e. The fraction of sp³-hybridized carbons (Fsp3) is 0.0625. The van der Waals surface area contributed by atoms with Gasteiger partial charge in [-0.15, -0.1) is 0 Å². The topological polar surface area (TPSA) is 68.1 Å². The van der Waals surface area contributed by atoms with E-state index in [-0.39, 0.29) is 10.6 Å². The molecule has 5 heteroatoms. The average molecular weight is 279 g/mol. The number of benzene rings is 2. The zero-order valence-corrected chi connectivity index (χ0v) is 11.2. The Balaban J connectivity index is 1.96. The van der Waals surface area contributed by atoms with Crippen molar-refractivity contribution in [2.75, 3.05) is 5.32 Å². The van der Waals surface area contributed by atoms with Crippen molar-refractivity contribution in [3.05, 3.63) is 76.6 Å². The van der Waals surface area contributed by atoms with E-state index in [2.05, 4.69) is 10.3 Å². The number of nitro groups is 1. The predicted molar refractivity (Wildman–Crippen MR) is 82.2 cm³/mol. The summed E-state index contributed by atoms with van der Waals surface area (Å²) in [7, 11) is 0. The Kier molecular flexibility index (Phi) is 3.47. The Labute approximate surface area is 121 Å². The first kappa shape index (κ1) is 13.1. The molecule has 0 unspecified atom stereocenters. The zero-order valence-electron chi connectivity index (χ0n) is 11.2. The smallest absolute Gasteiger partial charge is 0.278 e. The second kappa shape index (κ2) is 5.58. The minimum absolute atomic E-state index is 0.0726. The van der Waals surface area contributed by atoms with Gasteiger partial charge in [0.1, 0.15) is 0 Å². The molecule has 1 heterocycles. The van der Waals surface area contributed by atoms with E-state index in [0.29, 0.717) is 11.9 Å². The Bertz CT molecular complexity index is 788. The maximum atomic E-state index is 11.1. The molecule has 0 aliphatic rings. The van der Waals surface area contributed by atoms with Crippen LogP contribution in [0.5, 0.6) is 0 Å². The zero-order chi connectivity index (χ0) is 14.7. The SMILES string of the molecule is O=[N+]([O-])c1ccc(NCc2ccccc2)c2ccncc12. The van der Waals surface area contributed by atoms with E-state index in [1.807, 2.05) is 30.3 Å². The first-order valence-corrected chi connectivity index (χ1v) is 6.54. The molecule has 3 aromatic rings. The molecule has 21 heavy (non-hydrogen) atoms. The van der Waals surface area contributed by atoms with Gasteiger partial charge in [-0.05, 0) is 17.7 Å². The number of nitrogens with zero attached hydrogens (tertiary/aromatic N) is 2. The van der Waals surface area contributed by atoms with Crippen molar-refractivity contribution in [3.8, 4) is 0 Å². The number of nitro benzene ring substituents is 1. The van der Waals surface area contributed by atoms with Gasteiger partial charge in [0.15, 0.2) is 0 Å². The molecule has 104 valence electrons. The summed E-state index contributed by atoms with van der Waals surface area (Å²) in [6, 6.07) is 15.0. The fourth-order valence-corrected chi connectivity index (χ4v) is 2.28. The normalized spacial score (nSPS) is 10.5. The Morgan fingerprint density at radius 3 is 2.62 bits per heavy atom. The number of rotatable bonds is 4. The van der Waals surface area contributed by atoms with Crippen LogP contribution in [-0.4, -0.2) is 9.91 Å². The molecule has 1 aromatic heterocycles. The van der Waals surface area contributed by atoms with Gasteiger partial charge in [-0.1, -0.05) is 30.3 Å². The van der Waals surface area contributed by atoms with Gasteiger partial charge in [0, 0.05) is 36.1 Å². The highest BCUT2D eigenvalue weighted by Gasteiger charge is 2.13. The van der Waals surface area contributed by atoms with Crippen LogP contribution in [0, 0.1) is 10.1 Å². The third kappa shape index (κ3) is 2.67. The first-order chi connectivity index (χ1) is 10.3. The third-order valence-corrected chi connectivity index (χ3v) is 3.32. The van der Waals surface area contributed by atoms with Gasteiger partial charge in [-0.2, -0.15) is 0 Å². The van der Waals surface area contributed by atoms with Crippen LogP contribution in [-0.2, 0) is 6.54 Å². The molecule has 3 rings (SSSR count). The highest BCUT2D eigenvalue weighted by molar-refractivity contribution is 5.99. The number of anilines is 1. The second-order valence-corrected chi connectivity index (χ2v) is 4.65. The summed E-state index contributed by atoms with van der Waals surface area (Å²) in [4.78, 5) is 14.7. The summed E-state index contributed by atoms with van der Waals surface area (Å²) in [6.07, 6.45) is 3.17. The Morgan fingerprint density at radius 1 is 1.05 bits per heavy atom. The number of aromatic nitrogens is 1. The minimum atomic E-state index is -0.384. The summed E-state index contributed by atoms with van der Waals surface area (Å²) in [5.41, 5.74) is 2.09. The maximum Gasteiger partial charge on any atom is 0.278 e. The average Bonchev–Trinajstić information content (AvgIpc) is 2.53. The van der Waals surface area contributed by atoms with Crippen molar-refractivity contribution in [1.29, 1.82) is 0 Å². The monoisotopic (exact) mass is 279 g/mol. The third-order valence-electron chi connectivity index (χ3n) is 3.32. The van der Waals surface area contributed by atoms with Crippen LogP contribution >= 0.6 is 0 Å². The standard InChI is InChI=1S/C16H13N3O2/c20-19(21)16-7-6-15(13-8-9-17-11-14(13)16)18-10-12-4-2-1-3-5-12/h1-9,11,18H,10H2. The van der Waals surface area contributed by atoms with Gasteiger partial charge >= 0.3 is 0 Å². The van der Waals surface area contributed by atoms with Gasteiger partial charge in [-0.3, -0.25) is 15.1 Å². The van der Waals surface area contributed by atoms with Crippen molar-refractivity contribution < 1.29 is 4.92 Å². The molecular weight excluding hydrogens is 266 g/mol. The molecular formula is C16H13N3O2. The van der Waals surface area contributed by atoms with Crippen LogP contribution in [0.15, 0.2) is 60.9 Å². The number of fused-ring (bicyclic) bond motifs is 1. The molecule has 5 nitrogen and oxygen atoms in total. The Morgan fingerprint density at radius 2 is 1.86 bits per heavy atom. The summed E-state index contributed by atoms with van der Waals surface area (Å²) in [5.74, 6) is 0. The molecule has 1 N–H and O–H groups in total. The van der Waals surface area contributed by atoms with Crippen LogP contribution < -0.4 is 5.32 Å². The predicted octanol–water partition coefficient (Wildman–Crippen LogP) is 3.76. The lowest BCUT2D eigenvalue weighted by Crippen LogP contribution is -2.00. The number of non-ortho nitro benzene ring substituents is 1. The van der Waals surface area contributed by atoms with E-state index in [1.165, 1.54) is 12.3 Å². The molecule has 0 radical (unpaired) electrons. The lowest BCUT2D eigenvalue weighted by atomic mass is 10.1. The molecule has 0 amide bonds. The van der Waals surface area contributed by atoms with Gasteiger partial charge in [0.25, 0.3) is 5.69 Å². The summed E-state index contributed by atoms with van der Waals surface area (Å²) in [5, 5.41) is 15.7. The quantitative estimate of drug-likeness (QED) is 0.583. The first-order valence-electron chi connectivity index (χ1n) is 6.54. The minimum Gasteiger partial charge on any atom is -0.380 e. The maximum absolute atomic E-state index is 11.1. The van der Waals surface area contributed by atoms with E-state index < -0.39 is 0 Å². The molecule has 0 bridgehead atoms. The van der Waals surface area contributed by atoms with E-state index in [9.17, 15) is 10.1 Å². The highest BCUT2D eigenvalue weighted by Crippen LogP contribution is 2.30. The summed E-state index contributed by atoms with van der Waals surface area (Å²) in [6.45, 7) is 0.663. The molecule has 0 fully saturated rings. The molecule has 0 atom stereocenters. The van der Waals surface area contributed by atoms with E-state index in [1.54, 1.807) is 18.3 Å². The highest BCUT2D eigenvalue weighted by atomic mass is 16.6. The van der Waals surface area contributed by atoms with E-state index >= 15 is 0 Å². The molecule has 0 spiro atoms. The molecule has 0 aliphatic heterocycles. The van der Waals surface area contributed by atoms with Crippen LogP contribution in [0.3, 0.4) is 0 Å². The van der Waals surface area contributed by atoms with Gasteiger partial charge < -0.3 is 5.32 Å². The van der Waals surface area contributed by atoms with Crippen molar-refractivity contribution in [2.24, 2.45) is 0 Å². The number of pyridine rings is 1. The summed E-state index contributed by atoms with van der Waals surface area (Å²) >= 11 is 0. The second-order valence-electron chi connectivity index (χ2n) is 4.65.